The lowest BCUT2D eigenvalue weighted by Gasteiger charge is -2.19. The number of halogens is 4. The third-order valence-electron chi connectivity index (χ3n) is 3.23. The second-order valence-electron chi connectivity index (χ2n) is 4.64. The average molecular weight is 351 g/mol. The van der Waals surface area contributed by atoms with E-state index < -0.39 is 23.1 Å². The lowest BCUT2D eigenvalue weighted by molar-refractivity contribution is -0.123. The van der Waals surface area contributed by atoms with Crippen molar-refractivity contribution in [2.24, 2.45) is 5.73 Å². The molecule has 4 nitrogen and oxygen atoms in total. The summed E-state index contributed by atoms with van der Waals surface area (Å²) in [5.41, 5.74) is 2.92. The molecule has 108 valence electrons. The molecule has 1 atom stereocenters. The molecule has 0 unspecified atom stereocenters. The van der Waals surface area contributed by atoms with E-state index in [1.165, 1.54) is 6.92 Å². The summed E-state index contributed by atoms with van der Waals surface area (Å²) in [5.74, 6) is -0.456. The van der Waals surface area contributed by atoms with Crippen LogP contribution in [0.2, 0.25) is 0 Å². The van der Waals surface area contributed by atoms with E-state index in [4.69, 9.17) is 10.5 Å². The molecule has 1 aliphatic rings. The fraction of sp³-hybridized carbons (Fsp3) is 0.333. The van der Waals surface area contributed by atoms with Gasteiger partial charge in [-0.15, -0.1) is 0 Å². The second-order valence-corrected chi connectivity index (χ2v) is 5.39. The van der Waals surface area contributed by atoms with E-state index in [0.29, 0.717) is 0 Å². The Kier molecular flexibility index (Phi) is 3.32. The molecular formula is C12H10BrF3N2O2. The molecule has 0 radical (unpaired) electrons. The van der Waals surface area contributed by atoms with Gasteiger partial charge in [0.15, 0.2) is 5.75 Å². The molecule has 8 heteroatoms. The van der Waals surface area contributed by atoms with Gasteiger partial charge in [-0.25, -0.2) is 4.98 Å². The number of ether oxygens (including phenoxy) is 1. The Morgan fingerprint density at radius 3 is 2.70 bits per heavy atom. The van der Waals surface area contributed by atoms with Crippen molar-refractivity contribution in [3.63, 3.8) is 0 Å². The van der Waals surface area contributed by atoms with Crippen molar-refractivity contribution in [1.29, 1.82) is 0 Å². The molecule has 20 heavy (non-hydrogen) atoms. The zero-order valence-corrected chi connectivity index (χ0v) is 11.9. The lowest BCUT2D eigenvalue weighted by Crippen LogP contribution is -2.39. The number of pyridine rings is 1. The number of hydrogen-bond donors (Lipinski definition) is 1. The molecule has 2 N–H and O–H groups in total. The minimum absolute atomic E-state index is 0.0418. The second kappa shape index (κ2) is 4.47. The molecule has 2 heterocycles. The van der Waals surface area contributed by atoms with Gasteiger partial charge in [0.05, 0.1) is 11.3 Å². The summed E-state index contributed by atoms with van der Waals surface area (Å²) in [6.07, 6.45) is -4.61. The number of allylic oxidation sites excluding steroid dienone is 1. The van der Waals surface area contributed by atoms with Crippen molar-refractivity contribution < 1.29 is 22.7 Å². The van der Waals surface area contributed by atoms with Crippen LogP contribution in [0.5, 0.6) is 5.75 Å². The number of aromatic nitrogens is 1. The van der Waals surface area contributed by atoms with Gasteiger partial charge in [-0.1, -0.05) is 6.58 Å². The number of amides is 1. The molecule has 0 saturated heterocycles. The highest BCUT2D eigenvalue weighted by Gasteiger charge is 2.44. The van der Waals surface area contributed by atoms with Gasteiger partial charge < -0.3 is 10.5 Å². The van der Waals surface area contributed by atoms with Crippen LogP contribution in [0.3, 0.4) is 0 Å². The molecule has 1 aromatic heterocycles. The van der Waals surface area contributed by atoms with E-state index in [1.54, 1.807) is 0 Å². The normalized spacial score (nSPS) is 21.2. The van der Waals surface area contributed by atoms with Crippen molar-refractivity contribution in [3.8, 4) is 5.75 Å². The van der Waals surface area contributed by atoms with Crippen molar-refractivity contribution >= 4 is 27.4 Å². The lowest BCUT2D eigenvalue weighted by atomic mass is 9.84. The van der Waals surface area contributed by atoms with Gasteiger partial charge in [-0.2, -0.15) is 13.2 Å². The molecule has 1 aromatic rings. The van der Waals surface area contributed by atoms with Crippen LogP contribution in [-0.2, 0) is 10.2 Å². The fourth-order valence-electron chi connectivity index (χ4n) is 1.85. The first-order chi connectivity index (χ1) is 9.07. The van der Waals surface area contributed by atoms with Gasteiger partial charge in [0.2, 0.25) is 5.91 Å². The zero-order chi connectivity index (χ0) is 15.3. The molecule has 0 fully saturated rings. The van der Waals surface area contributed by atoms with Crippen molar-refractivity contribution in [2.75, 3.05) is 6.61 Å². The molecule has 0 aromatic carbocycles. The van der Waals surface area contributed by atoms with Crippen LogP contribution in [0.15, 0.2) is 17.2 Å². The van der Waals surface area contributed by atoms with E-state index >= 15 is 0 Å². The first-order valence-electron chi connectivity index (χ1n) is 5.47. The number of nitrogens with zero attached hydrogens (tertiary/aromatic N) is 1. The summed E-state index contributed by atoms with van der Waals surface area (Å²) < 4.78 is 43.5. The molecule has 0 aliphatic carbocycles. The number of rotatable bonds is 2. The van der Waals surface area contributed by atoms with Crippen LogP contribution in [0.25, 0.3) is 5.57 Å². The predicted octanol–water partition coefficient (Wildman–Crippen LogP) is 2.55. The molecule has 2 rings (SSSR count). The van der Waals surface area contributed by atoms with E-state index in [1.807, 2.05) is 0 Å². The molecule has 1 amide bonds. The highest BCUT2D eigenvalue weighted by atomic mass is 79.9. The number of primary amides is 1. The molecule has 0 saturated carbocycles. The largest absolute Gasteiger partial charge is 0.489 e. The van der Waals surface area contributed by atoms with Gasteiger partial charge in [-0.05, 0) is 28.9 Å². The number of hydrogen-bond acceptors (Lipinski definition) is 3. The Morgan fingerprint density at radius 2 is 2.20 bits per heavy atom. The maximum Gasteiger partial charge on any atom is 0.417 e. The van der Waals surface area contributed by atoms with Crippen LogP contribution in [-0.4, -0.2) is 23.7 Å². The third-order valence-corrected chi connectivity index (χ3v) is 3.76. The highest BCUT2D eigenvalue weighted by Crippen LogP contribution is 2.44. The van der Waals surface area contributed by atoms with Crippen LogP contribution in [0.4, 0.5) is 13.2 Å². The van der Waals surface area contributed by atoms with Gasteiger partial charge in [0.25, 0.3) is 0 Å². The van der Waals surface area contributed by atoms with Crippen LogP contribution >= 0.6 is 15.9 Å². The Morgan fingerprint density at radius 1 is 1.60 bits per heavy atom. The fourth-order valence-corrected chi connectivity index (χ4v) is 2.37. The average Bonchev–Trinajstić information content (AvgIpc) is 2.67. The molecular weight excluding hydrogens is 341 g/mol. The summed E-state index contributed by atoms with van der Waals surface area (Å²) in [5, 5.41) is 0. The predicted molar refractivity (Wildman–Crippen MR) is 69.1 cm³/mol. The SMILES string of the molecule is C=C(c1cc2c(c(Br)n1)OC[C@]2(C)C(N)=O)C(F)(F)F. The Bertz CT molecular complexity index is 615. The number of fused-ring (bicyclic) bond motifs is 1. The number of carbonyl (C=O) groups excluding carboxylic acids is 1. The zero-order valence-electron chi connectivity index (χ0n) is 10.3. The molecule has 1 aliphatic heterocycles. The topological polar surface area (TPSA) is 65.2 Å². The van der Waals surface area contributed by atoms with E-state index in [-0.39, 0.29) is 28.2 Å². The van der Waals surface area contributed by atoms with Gasteiger partial charge >= 0.3 is 6.18 Å². The summed E-state index contributed by atoms with van der Waals surface area (Å²) in [4.78, 5) is 15.3. The maximum atomic E-state index is 12.7. The summed E-state index contributed by atoms with van der Waals surface area (Å²) in [6, 6.07) is 1.15. The number of nitrogens with two attached hydrogens (primary N) is 1. The van der Waals surface area contributed by atoms with Crippen LogP contribution in [0.1, 0.15) is 18.2 Å². The van der Waals surface area contributed by atoms with Gasteiger partial charge in [0, 0.05) is 5.56 Å². The summed E-state index contributed by atoms with van der Waals surface area (Å²) >= 11 is 3.04. The van der Waals surface area contributed by atoms with E-state index in [0.717, 1.165) is 6.07 Å². The summed E-state index contributed by atoms with van der Waals surface area (Å²) in [7, 11) is 0. The van der Waals surface area contributed by atoms with Crippen molar-refractivity contribution in [2.45, 2.75) is 18.5 Å². The number of alkyl halides is 3. The van der Waals surface area contributed by atoms with Gasteiger partial charge in [0.1, 0.15) is 16.6 Å². The quantitative estimate of drug-likeness (QED) is 0.833. The smallest absolute Gasteiger partial charge is 0.417 e. The first-order valence-corrected chi connectivity index (χ1v) is 6.27. The Balaban J connectivity index is 2.61. The van der Waals surface area contributed by atoms with Crippen molar-refractivity contribution in [3.05, 3.63) is 28.5 Å². The summed E-state index contributed by atoms with van der Waals surface area (Å²) in [6.45, 7) is 4.46. The van der Waals surface area contributed by atoms with Crippen LogP contribution in [0, 0.1) is 0 Å². The van der Waals surface area contributed by atoms with E-state index in [2.05, 4.69) is 27.5 Å². The first kappa shape index (κ1) is 14.8. The standard InChI is InChI=1S/C12H10BrF3N2O2/c1-5(12(14,15)16)7-3-6-8(9(13)18-7)20-4-11(6,2)10(17)19/h3H,1,4H2,2H3,(H2,17,19)/t11-/m0/s1. The Labute approximate surface area is 120 Å². The Hall–Kier alpha value is -1.57. The van der Waals surface area contributed by atoms with Gasteiger partial charge in [-0.3, -0.25) is 4.79 Å². The molecule has 0 bridgehead atoms. The third kappa shape index (κ3) is 2.17. The minimum Gasteiger partial charge on any atom is -0.489 e. The molecule has 0 spiro atoms. The number of carbonyl (C=O) groups is 1. The maximum absolute atomic E-state index is 12.7. The van der Waals surface area contributed by atoms with Crippen LogP contribution < -0.4 is 10.5 Å². The van der Waals surface area contributed by atoms with Crippen molar-refractivity contribution in [1.82, 2.24) is 4.98 Å². The highest BCUT2D eigenvalue weighted by molar-refractivity contribution is 9.10. The van der Waals surface area contributed by atoms with E-state index in [9.17, 15) is 18.0 Å². The minimum atomic E-state index is -4.61. The monoisotopic (exact) mass is 350 g/mol.